The number of esters is 1. The zero-order chi connectivity index (χ0) is 14.3. The SMILES string of the molecule is CCOC(=O)C(=Cc1cccc([N+](=O)[O-])c1)N=[N+]=[N-]. The molecule has 0 unspecified atom stereocenters. The molecule has 19 heavy (non-hydrogen) atoms. The van der Waals surface area contributed by atoms with Gasteiger partial charge in [-0.05, 0) is 24.1 Å². The van der Waals surface area contributed by atoms with Crippen LogP contribution in [0.1, 0.15) is 12.5 Å². The minimum absolute atomic E-state index is 0.127. The molecule has 0 aliphatic carbocycles. The molecule has 0 aliphatic rings. The first-order chi connectivity index (χ1) is 9.08. The number of carbonyl (C=O) groups is 1. The van der Waals surface area contributed by atoms with Gasteiger partial charge >= 0.3 is 5.97 Å². The van der Waals surface area contributed by atoms with Gasteiger partial charge in [0.15, 0.2) is 0 Å². The average Bonchev–Trinajstić information content (AvgIpc) is 2.39. The van der Waals surface area contributed by atoms with Crippen LogP contribution in [0.3, 0.4) is 0 Å². The number of rotatable bonds is 5. The molecular weight excluding hydrogens is 252 g/mol. The van der Waals surface area contributed by atoms with Gasteiger partial charge in [-0.25, -0.2) is 4.79 Å². The summed E-state index contributed by atoms with van der Waals surface area (Å²) in [6.45, 7) is 1.74. The summed E-state index contributed by atoms with van der Waals surface area (Å²) in [4.78, 5) is 24.0. The Morgan fingerprint density at radius 1 is 1.63 bits per heavy atom. The van der Waals surface area contributed by atoms with E-state index in [1.165, 1.54) is 24.3 Å². The number of nitro benzene ring substituents is 1. The molecule has 0 aromatic heterocycles. The quantitative estimate of drug-likeness (QED) is 0.154. The van der Waals surface area contributed by atoms with E-state index in [2.05, 4.69) is 10.0 Å². The number of carbonyl (C=O) groups excluding carboxylic acids is 1. The molecule has 0 saturated carbocycles. The minimum atomic E-state index is -0.785. The second-order valence-electron chi connectivity index (χ2n) is 3.29. The Balaban J connectivity index is 3.14. The molecule has 98 valence electrons. The maximum absolute atomic E-state index is 11.5. The van der Waals surface area contributed by atoms with Gasteiger partial charge in [-0.3, -0.25) is 10.1 Å². The lowest BCUT2D eigenvalue weighted by atomic mass is 10.1. The maximum atomic E-state index is 11.5. The van der Waals surface area contributed by atoms with E-state index in [1.807, 2.05) is 0 Å². The summed E-state index contributed by atoms with van der Waals surface area (Å²) in [5, 5.41) is 13.8. The zero-order valence-electron chi connectivity index (χ0n) is 10.0. The number of non-ortho nitro benzene ring substituents is 1. The standard InChI is InChI=1S/C11H10N4O4/c1-2-19-11(16)10(13-14-12)7-8-4-3-5-9(6-8)15(17)18/h3-7H,2H2,1H3. The molecule has 0 amide bonds. The van der Waals surface area contributed by atoms with Gasteiger partial charge in [0.1, 0.15) is 5.70 Å². The Labute approximate surface area is 108 Å². The van der Waals surface area contributed by atoms with Crippen molar-refractivity contribution in [3.8, 4) is 0 Å². The van der Waals surface area contributed by atoms with E-state index in [9.17, 15) is 14.9 Å². The number of hydrogen-bond donors (Lipinski definition) is 0. The summed E-state index contributed by atoms with van der Waals surface area (Å²) in [6.07, 6.45) is 1.23. The molecule has 0 saturated heterocycles. The molecule has 1 aromatic carbocycles. The summed E-state index contributed by atoms with van der Waals surface area (Å²) in [6, 6.07) is 5.57. The summed E-state index contributed by atoms with van der Waals surface area (Å²) >= 11 is 0. The van der Waals surface area contributed by atoms with Gasteiger partial charge in [-0.2, -0.15) is 0 Å². The van der Waals surface area contributed by atoms with E-state index < -0.39 is 10.9 Å². The van der Waals surface area contributed by atoms with Crippen molar-refractivity contribution in [3.63, 3.8) is 0 Å². The second-order valence-corrected chi connectivity index (χ2v) is 3.29. The van der Waals surface area contributed by atoms with Gasteiger partial charge in [0.25, 0.3) is 5.69 Å². The first kappa shape index (κ1) is 14.2. The molecule has 0 aliphatic heterocycles. The molecule has 0 fully saturated rings. The Morgan fingerprint density at radius 2 is 2.37 bits per heavy atom. The Bertz CT molecular complexity index is 576. The number of nitrogens with zero attached hydrogens (tertiary/aromatic N) is 4. The van der Waals surface area contributed by atoms with E-state index in [-0.39, 0.29) is 18.0 Å². The predicted octanol–water partition coefficient (Wildman–Crippen LogP) is 2.81. The number of ether oxygens (including phenoxy) is 1. The van der Waals surface area contributed by atoms with Gasteiger partial charge in [-0.1, -0.05) is 17.2 Å². The topological polar surface area (TPSA) is 118 Å². The molecule has 1 rings (SSSR count). The molecule has 0 N–H and O–H groups in total. The fourth-order valence-electron chi connectivity index (χ4n) is 1.27. The normalized spacial score (nSPS) is 10.5. The van der Waals surface area contributed by atoms with Gasteiger partial charge in [0.2, 0.25) is 0 Å². The third-order valence-electron chi connectivity index (χ3n) is 2.02. The van der Waals surface area contributed by atoms with Crippen LogP contribution in [0.4, 0.5) is 5.69 Å². The number of azide groups is 1. The average molecular weight is 262 g/mol. The van der Waals surface area contributed by atoms with Crippen molar-refractivity contribution in [2.24, 2.45) is 5.11 Å². The summed E-state index contributed by atoms with van der Waals surface area (Å²) in [7, 11) is 0. The van der Waals surface area contributed by atoms with Crippen LogP contribution in [0.15, 0.2) is 35.1 Å². The predicted molar refractivity (Wildman–Crippen MR) is 66.9 cm³/mol. The van der Waals surface area contributed by atoms with Crippen molar-refractivity contribution in [2.75, 3.05) is 6.61 Å². The number of nitro groups is 1. The van der Waals surface area contributed by atoms with E-state index in [0.717, 1.165) is 0 Å². The summed E-state index contributed by atoms with van der Waals surface area (Å²) in [5.74, 6) is -0.785. The van der Waals surface area contributed by atoms with Crippen molar-refractivity contribution >= 4 is 17.7 Å². The Kier molecular flexibility index (Phi) is 5.06. The highest BCUT2D eigenvalue weighted by atomic mass is 16.6. The first-order valence-corrected chi connectivity index (χ1v) is 5.27. The molecule has 0 bridgehead atoms. The molecule has 0 heterocycles. The van der Waals surface area contributed by atoms with E-state index in [1.54, 1.807) is 13.0 Å². The number of benzene rings is 1. The number of hydrogen-bond acceptors (Lipinski definition) is 5. The Hall–Kier alpha value is -2.86. The van der Waals surface area contributed by atoms with Crippen molar-refractivity contribution in [1.29, 1.82) is 0 Å². The lowest BCUT2D eigenvalue weighted by Crippen LogP contribution is -2.05. The summed E-state index contributed by atoms with van der Waals surface area (Å²) < 4.78 is 4.70. The van der Waals surface area contributed by atoms with Crippen LogP contribution in [0.2, 0.25) is 0 Å². The van der Waals surface area contributed by atoms with Gasteiger partial charge in [-0.15, -0.1) is 0 Å². The molecule has 8 heteroatoms. The van der Waals surface area contributed by atoms with Gasteiger partial charge in [0, 0.05) is 17.0 Å². The van der Waals surface area contributed by atoms with Crippen LogP contribution in [0, 0.1) is 10.1 Å². The van der Waals surface area contributed by atoms with Crippen LogP contribution in [-0.4, -0.2) is 17.5 Å². The first-order valence-electron chi connectivity index (χ1n) is 5.27. The van der Waals surface area contributed by atoms with Crippen LogP contribution >= 0.6 is 0 Å². The second kappa shape index (κ2) is 6.77. The lowest BCUT2D eigenvalue weighted by molar-refractivity contribution is -0.384. The molecule has 0 spiro atoms. The highest BCUT2D eigenvalue weighted by molar-refractivity contribution is 5.93. The van der Waals surface area contributed by atoms with Crippen molar-refractivity contribution < 1.29 is 14.5 Å². The van der Waals surface area contributed by atoms with Crippen LogP contribution in [0.25, 0.3) is 16.5 Å². The van der Waals surface area contributed by atoms with Crippen LogP contribution in [-0.2, 0) is 9.53 Å². The Morgan fingerprint density at radius 3 is 2.95 bits per heavy atom. The third kappa shape index (κ3) is 4.14. The maximum Gasteiger partial charge on any atom is 0.340 e. The van der Waals surface area contributed by atoms with Gasteiger partial charge in [0.05, 0.1) is 11.5 Å². The molecule has 0 atom stereocenters. The van der Waals surface area contributed by atoms with Crippen molar-refractivity contribution in [1.82, 2.24) is 0 Å². The molecular formula is C11H10N4O4. The third-order valence-corrected chi connectivity index (χ3v) is 2.02. The van der Waals surface area contributed by atoms with E-state index in [0.29, 0.717) is 5.56 Å². The lowest BCUT2D eigenvalue weighted by Gasteiger charge is -2.01. The van der Waals surface area contributed by atoms with E-state index >= 15 is 0 Å². The monoisotopic (exact) mass is 262 g/mol. The molecule has 1 aromatic rings. The van der Waals surface area contributed by atoms with Gasteiger partial charge < -0.3 is 4.74 Å². The summed E-state index contributed by atoms with van der Waals surface area (Å²) in [5.41, 5.74) is 8.36. The van der Waals surface area contributed by atoms with Crippen LogP contribution in [0.5, 0.6) is 0 Å². The minimum Gasteiger partial charge on any atom is -0.462 e. The largest absolute Gasteiger partial charge is 0.462 e. The highest BCUT2D eigenvalue weighted by Crippen LogP contribution is 2.16. The molecule has 0 radical (unpaired) electrons. The fraction of sp³-hybridized carbons (Fsp3) is 0.182. The van der Waals surface area contributed by atoms with E-state index in [4.69, 9.17) is 10.3 Å². The van der Waals surface area contributed by atoms with Crippen LogP contribution < -0.4 is 0 Å². The fourth-order valence-corrected chi connectivity index (χ4v) is 1.27. The zero-order valence-corrected chi connectivity index (χ0v) is 10.0. The van der Waals surface area contributed by atoms with Crippen molar-refractivity contribution in [2.45, 2.75) is 6.92 Å². The smallest absolute Gasteiger partial charge is 0.340 e. The van der Waals surface area contributed by atoms with Crippen molar-refractivity contribution in [3.05, 3.63) is 56.1 Å². The molecule has 8 nitrogen and oxygen atoms in total. The highest BCUT2D eigenvalue weighted by Gasteiger charge is 2.10.